The van der Waals surface area contributed by atoms with Crippen LogP contribution in [0.3, 0.4) is 0 Å². The van der Waals surface area contributed by atoms with E-state index in [1.54, 1.807) is 0 Å². The van der Waals surface area contributed by atoms with Crippen LogP contribution >= 0.6 is 0 Å². The molecule has 16 heavy (non-hydrogen) atoms. The molecule has 0 saturated heterocycles. The molecular formula is C8H14F3NO4. The molecule has 8 heteroatoms. The molecule has 0 rings (SSSR count). The van der Waals surface area contributed by atoms with Gasteiger partial charge >= 0.3 is 6.18 Å². The first kappa shape index (κ1) is 15.1. The molecule has 0 unspecified atom stereocenters. The summed E-state index contributed by atoms with van der Waals surface area (Å²) in [6.07, 6.45) is -5.06. The van der Waals surface area contributed by atoms with Crippen LogP contribution in [0.25, 0.3) is 0 Å². The first-order chi connectivity index (χ1) is 7.39. The predicted octanol–water partition coefficient (Wildman–Crippen LogP) is 0.300. The summed E-state index contributed by atoms with van der Waals surface area (Å²) in [7, 11) is 2.75. The highest BCUT2D eigenvalue weighted by atomic mass is 19.4. The number of amides is 1. The number of carbonyl (C=O) groups is 1. The Bertz CT molecular complexity index is 206. The molecule has 0 aromatic heterocycles. The molecular weight excluding hydrogens is 231 g/mol. The van der Waals surface area contributed by atoms with Gasteiger partial charge in [-0.15, -0.1) is 0 Å². The molecule has 0 fully saturated rings. The number of ether oxygens (including phenoxy) is 3. The van der Waals surface area contributed by atoms with Gasteiger partial charge in [0.15, 0.2) is 6.29 Å². The number of nitrogens with one attached hydrogen (secondary N) is 1. The van der Waals surface area contributed by atoms with Crippen molar-refractivity contribution in [3.05, 3.63) is 0 Å². The lowest BCUT2D eigenvalue weighted by molar-refractivity contribution is -0.176. The van der Waals surface area contributed by atoms with Crippen LogP contribution < -0.4 is 5.32 Å². The van der Waals surface area contributed by atoms with Crippen LogP contribution in [0.2, 0.25) is 0 Å². The van der Waals surface area contributed by atoms with Crippen molar-refractivity contribution in [3.63, 3.8) is 0 Å². The predicted molar refractivity (Wildman–Crippen MR) is 47.7 cm³/mol. The molecule has 1 amide bonds. The van der Waals surface area contributed by atoms with Crippen molar-refractivity contribution in [3.8, 4) is 0 Å². The molecule has 0 spiro atoms. The summed E-state index contributed by atoms with van der Waals surface area (Å²) in [5.41, 5.74) is 0. The number of halogens is 3. The molecule has 0 saturated carbocycles. The minimum absolute atomic E-state index is 0.0429. The Hall–Kier alpha value is -0.860. The van der Waals surface area contributed by atoms with Crippen molar-refractivity contribution in [2.75, 3.05) is 34.0 Å². The molecule has 0 heterocycles. The van der Waals surface area contributed by atoms with Crippen LogP contribution in [-0.4, -0.2) is 52.4 Å². The first-order valence-corrected chi connectivity index (χ1v) is 4.36. The van der Waals surface area contributed by atoms with Crippen molar-refractivity contribution < 1.29 is 32.2 Å². The summed E-state index contributed by atoms with van der Waals surface area (Å²) < 4.78 is 48.5. The molecule has 0 aliphatic heterocycles. The van der Waals surface area contributed by atoms with Crippen molar-refractivity contribution in [1.82, 2.24) is 5.32 Å². The summed E-state index contributed by atoms with van der Waals surface area (Å²) >= 11 is 0. The van der Waals surface area contributed by atoms with Crippen molar-refractivity contribution in [1.29, 1.82) is 0 Å². The van der Waals surface area contributed by atoms with Crippen molar-refractivity contribution >= 4 is 5.91 Å². The molecule has 0 aromatic carbocycles. The van der Waals surface area contributed by atoms with E-state index >= 15 is 0 Å². The van der Waals surface area contributed by atoms with Gasteiger partial charge in [-0.2, -0.15) is 13.2 Å². The second kappa shape index (κ2) is 7.42. The fourth-order valence-corrected chi connectivity index (χ4v) is 0.771. The Kier molecular flexibility index (Phi) is 7.02. The average molecular weight is 245 g/mol. The third kappa shape index (κ3) is 8.45. The average Bonchev–Trinajstić information content (AvgIpc) is 2.17. The van der Waals surface area contributed by atoms with E-state index in [0.717, 1.165) is 0 Å². The van der Waals surface area contributed by atoms with Crippen LogP contribution in [0.5, 0.6) is 0 Å². The van der Waals surface area contributed by atoms with Gasteiger partial charge in [0.1, 0.15) is 13.2 Å². The topological polar surface area (TPSA) is 56.8 Å². The summed E-state index contributed by atoms with van der Waals surface area (Å²) in [4.78, 5) is 11.0. The lowest BCUT2D eigenvalue weighted by Crippen LogP contribution is -2.36. The molecule has 0 atom stereocenters. The fraction of sp³-hybridized carbons (Fsp3) is 0.875. The highest BCUT2D eigenvalue weighted by Gasteiger charge is 2.27. The van der Waals surface area contributed by atoms with Gasteiger partial charge in [-0.05, 0) is 0 Å². The Labute approximate surface area is 90.8 Å². The highest BCUT2D eigenvalue weighted by molar-refractivity contribution is 5.77. The van der Waals surface area contributed by atoms with Gasteiger partial charge in [0, 0.05) is 14.2 Å². The van der Waals surface area contributed by atoms with Gasteiger partial charge in [0.05, 0.1) is 6.54 Å². The number of hydrogen-bond donors (Lipinski definition) is 1. The molecule has 0 radical (unpaired) electrons. The Morgan fingerprint density at radius 2 is 1.88 bits per heavy atom. The third-order valence-electron chi connectivity index (χ3n) is 1.49. The minimum atomic E-state index is -4.43. The smallest absolute Gasteiger partial charge is 0.362 e. The third-order valence-corrected chi connectivity index (χ3v) is 1.49. The van der Waals surface area contributed by atoms with E-state index in [9.17, 15) is 18.0 Å². The lowest BCUT2D eigenvalue weighted by atomic mass is 10.5. The quantitative estimate of drug-likeness (QED) is 0.655. The van der Waals surface area contributed by atoms with Crippen LogP contribution in [0.15, 0.2) is 0 Å². The molecule has 0 aliphatic rings. The minimum Gasteiger partial charge on any atom is -0.362 e. The fourth-order valence-electron chi connectivity index (χ4n) is 0.771. The summed E-state index contributed by atoms with van der Waals surface area (Å²) in [5, 5.41) is 2.29. The zero-order valence-electron chi connectivity index (χ0n) is 8.97. The van der Waals surface area contributed by atoms with Crippen LogP contribution in [0, 0.1) is 0 Å². The Morgan fingerprint density at radius 3 is 2.31 bits per heavy atom. The number of hydrogen-bond acceptors (Lipinski definition) is 4. The summed E-state index contributed by atoms with van der Waals surface area (Å²) in [6.45, 7) is -2.06. The van der Waals surface area contributed by atoms with E-state index in [1.165, 1.54) is 14.2 Å². The van der Waals surface area contributed by atoms with Gasteiger partial charge in [-0.25, -0.2) is 0 Å². The standard InChI is InChI=1S/C8H14F3NO4/c1-14-7(15-2)3-12-6(13)4-16-5-8(9,10)11/h7H,3-5H2,1-2H3,(H,12,13). The number of methoxy groups -OCH3 is 2. The van der Waals surface area contributed by atoms with Crippen LogP contribution in [0.4, 0.5) is 13.2 Å². The van der Waals surface area contributed by atoms with E-state index in [0.29, 0.717) is 0 Å². The van der Waals surface area contributed by atoms with E-state index in [2.05, 4.69) is 10.1 Å². The largest absolute Gasteiger partial charge is 0.411 e. The normalized spacial score (nSPS) is 11.9. The number of carbonyl (C=O) groups excluding carboxylic acids is 1. The van der Waals surface area contributed by atoms with Crippen LogP contribution in [0.1, 0.15) is 0 Å². The van der Waals surface area contributed by atoms with Gasteiger partial charge < -0.3 is 19.5 Å². The zero-order valence-corrected chi connectivity index (χ0v) is 8.97. The van der Waals surface area contributed by atoms with Crippen molar-refractivity contribution in [2.24, 2.45) is 0 Å². The van der Waals surface area contributed by atoms with E-state index in [4.69, 9.17) is 9.47 Å². The van der Waals surface area contributed by atoms with E-state index < -0.39 is 31.6 Å². The van der Waals surface area contributed by atoms with Gasteiger partial charge in [-0.3, -0.25) is 4.79 Å². The van der Waals surface area contributed by atoms with Gasteiger partial charge in [0.25, 0.3) is 0 Å². The van der Waals surface area contributed by atoms with Crippen molar-refractivity contribution in [2.45, 2.75) is 12.5 Å². The first-order valence-electron chi connectivity index (χ1n) is 4.36. The van der Waals surface area contributed by atoms with Gasteiger partial charge in [-0.1, -0.05) is 0 Å². The maximum Gasteiger partial charge on any atom is 0.411 e. The molecule has 96 valence electrons. The highest BCUT2D eigenvalue weighted by Crippen LogP contribution is 2.13. The van der Waals surface area contributed by atoms with Gasteiger partial charge in [0.2, 0.25) is 5.91 Å². The molecule has 0 bridgehead atoms. The second-order valence-electron chi connectivity index (χ2n) is 2.81. The summed E-state index contributed by atoms with van der Waals surface area (Å²) in [5.74, 6) is -0.664. The molecule has 5 nitrogen and oxygen atoms in total. The zero-order chi connectivity index (χ0) is 12.6. The SMILES string of the molecule is COC(CNC(=O)COCC(F)(F)F)OC. The molecule has 0 aromatic rings. The Morgan fingerprint density at radius 1 is 1.31 bits per heavy atom. The van der Waals surface area contributed by atoms with Crippen LogP contribution in [-0.2, 0) is 19.0 Å². The monoisotopic (exact) mass is 245 g/mol. The maximum absolute atomic E-state index is 11.6. The summed E-state index contributed by atoms with van der Waals surface area (Å²) in [6, 6.07) is 0. The molecule has 1 N–H and O–H groups in total. The number of alkyl halides is 3. The maximum atomic E-state index is 11.6. The number of rotatable bonds is 7. The molecule has 0 aliphatic carbocycles. The Balaban J connectivity index is 3.59. The second-order valence-corrected chi connectivity index (χ2v) is 2.81. The van der Waals surface area contributed by atoms with E-state index in [-0.39, 0.29) is 6.54 Å². The lowest BCUT2D eigenvalue weighted by Gasteiger charge is -2.14. The van der Waals surface area contributed by atoms with E-state index in [1.807, 2.05) is 0 Å².